The fourth-order valence-electron chi connectivity index (χ4n) is 0.312. The third kappa shape index (κ3) is 3.76. The summed E-state index contributed by atoms with van der Waals surface area (Å²) in [7, 11) is 1.92. The second kappa shape index (κ2) is 4.09. The van der Waals surface area contributed by atoms with Crippen molar-refractivity contribution in [1.82, 2.24) is 5.06 Å². The van der Waals surface area contributed by atoms with E-state index in [2.05, 4.69) is 6.92 Å². The average molecular weight is 103 g/mol. The van der Waals surface area contributed by atoms with Gasteiger partial charge >= 0.3 is 0 Å². The molecule has 7 heavy (non-hydrogen) atoms. The summed E-state index contributed by atoms with van der Waals surface area (Å²) in [5.41, 5.74) is 0. The van der Waals surface area contributed by atoms with Gasteiger partial charge in [0.2, 0.25) is 0 Å². The first-order chi connectivity index (χ1) is 3.31. The first-order valence-corrected chi connectivity index (χ1v) is 2.65. The maximum Gasteiger partial charge on any atom is 0.0656 e. The number of hydroxylamine groups is 2. The molecule has 0 aliphatic carbocycles. The van der Waals surface area contributed by atoms with Gasteiger partial charge < -0.3 is 0 Å². The summed E-state index contributed by atoms with van der Waals surface area (Å²) < 4.78 is 0. The fourth-order valence-corrected chi connectivity index (χ4v) is 0.312. The monoisotopic (exact) mass is 103 g/mol. The van der Waals surface area contributed by atoms with Gasteiger partial charge in [0.1, 0.15) is 0 Å². The summed E-state index contributed by atoms with van der Waals surface area (Å²) >= 11 is 0. The lowest BCUT2D eigenvalue weighted by molar-refractivity contribution is -0.130. The summed E-state index contributed by atoms with van der Waals surface area (Å²) in [6.45, 7) is 5.75. The normalized spacial score (nSPS) is 10.3. The van der Waals surface area contributed by atoms with Crippen molar-refractivity contribution in [1.29, 1.82) is 0 Å². The second-order valence-corrected chi connectivity index (χ2v) is 1.36. The van der Waals surface area contributed by atoms with Gasteiger partial charge in [-0.05, 0) is 6.92 Å². The highest BCUT2D eigenvalue weighted by molar-refractivity contribution is 4.21. The van der Waals surface area contributed by atoms with Gasteiger partial charge in [0.05, 0.1) is 6.61 Å². The van der Waals surface area contributed by atoms with Crippen molar-refractivity contribution in [2.45, 2.75) is 13.8 Å². The zero-order valence-electron chi connectivity index (χ0n) is 5.27. The molecular weight excluding hydrogens is 90.1 g/mol. The molecule has 0 aliphatic rings. The molecule has 44 valence electrons. The van der Waals surface area contributed by atoms with E-state index in [1.54, 1.807) is 5.06 Å². The van der Waals surface area contributed by atoms with Gasteiger partial charge in [-0.1, -0.05) is 6.92 Å². The minimum absolute atomic E-state index is 0.768. The first kappa shape index (κ1) is 6.92. The third-order valence-electron chi connectivity index (χ3n) is 0.795. The molecule has 0 bridgehead atoms. The molecule has 0 spiro atoms. The Morgan fingerprint density at radius 3 is 2.14 bits per heavy atom. The van der Waals surface area contributed by atoms with E-state index in [0.29, 0.717) is 0 Å². The van der Waals surface area contributed by atoms with E-state index < -0.39 is 0 Å². The van der Waals surface area contributed by atoms with Crippen LogP contribution in [-0.2, 0) is 4.84 Å². The third-order valence-corrected chi connectivity index (χ3v) is 0.795. The minimum atomic E-state index is 0.768. The van der Waals surface area contributed by atoms with E-state index >= 15 is 0 Å². The van der Waals surface area contributed by atoms with E-state index in [1.807, 2.05) is 14.0 Å². The Bertz CT molecular complexity index is 39.1. The van der Waals surface area contributed by atoms with Crippen LogP contribution in [0.1, 0.15) is 13.8 Å². The molecule has 0 aromatic carbocycles. The Kier molecular flexibility index (Phi) is 4.04. The Balaban J connectivity index is 2.83. The van der Waals surface area contributed by atoms with E-state index in [0.717, 1.165) is 13.2 Å². The van der Waals surface area contributed by atoms with Crippen molar-refractivity contribution >= 4 is 0 Å². The van der Waals surface area contributed by atoms with Crippen molar-refractivity contribution < 1.29 is 4.84 Å². The van der Waals surface area contributed by atoms with Crippen LogP contribution in [0.4, 0.5) is 0 Å². The molecule has 0 atom stereocenters. The summed E-state index contributed by atoms with van der Waals surface area (Å²) in [6, 6.07) is 0. The molecule has 0 radical (unpaired) electrons. The molecule has 0 rings (SSSR count). The van der Waals surface area contributed by atoms with Crippen LogP contribution >= 0.6 is 0 Å². The summed E-state index contributed by atoms with van der Waals surface area (Å²) in [4.78, 5) is 5.02. The van der Waals surface area contributed by atoms with Gasteiger partial charge in [-0.25, -0.2) is 0 Å². The van der Waals surface area contributed by atoms with Crippen LogP contribution in [-0.4, -0.2) is 25.3 Å². The Morgan fingerprint density at radius 2 is 2.00 bits per heavy atom. The van der Waals surface area contributed by atoms with Crippen molar-refractivity contribution in [2.24, 2.45) is 0 Å². The molecule has 0 aromatic rings. The summed E-state index contributed by atoms with van der Waals surface area (Å²) in [5, 5.41) is 1.81. The molecule has 0 aliphatic heterocycles. The number of hydrogen-bond acceptors (Lipinski definition) is 2. The Hall–Kier alpha value is -0.0800. The molecule has 2 heteroatoms. The largest absolute Gasteiger partial charge is 0.300 e. The van der Waals surface area contributed by atoms with Gasteiger partial charge in [0.25, 0.3) is 0 Å². The first-order valence-electron chi connectivity index (χ1n) is 2.65. The Morgan fingerprint density at radius 1 is 1.43 bits per heavy atom. The number of nitrogens with zero attached hydrogens (tertiary/aromatic N) is 1. The number of hydrogen-bond donors (Lipinski definition) is 0. The number of rotatable bonds is 3. The standard InChI is InChI=1S/C5H13NO/c1-4-6(3)7-5-2/h4-5H2,1-3H3. The molecule has 0 saturated carbocycles. The minimum Gasteiger partial charge on any atom is -0.300 e. The SMILES string of the molecule is CCON(C)CC. The van der Waals surface area contributed by atoms with E-state index in [9.17, 15) is 0 Å². The quantitative estimate of drug-likeness (QED) is 0.492. The van der Waals surface area contributed by atoms with Crippen LogP contribution in [0, 0.1) is 0 Å². The van der Waals surface area contributed by atoms with Crippen molar-refractivity contribution in [3.8, 4) is 0 Å². The second-order valence-electron chi connectivity index (χ2n) is 1.36. The van der Waals surface area contributed by atoms with Gasteiger partial charge in [-0.2, -0.15) is 5.06 Å². The van der Waals surface area contributed by atoms with Crippen molar-refractivity contribution in [3.05, 3.63) is 0 Å². The van der Waals surface area contributed by atoms with Gasteiger partial charge in [0.15, 0.2) is 0 Å². The lowest BCUT2D eigenvalue weighted by atomic mass is 10.8. The molecule has 0 fully saturated rings. The zero-order chi connectivity index (χ0) is 5.70. The fraction of sp³-hybridized carbons (Fsp3) is 1.00. The van der Waals surface area contributed by atoms with Crippen LogP contribution in [0.5, 0.6) is 0 Å². The highest BCUT2D eigenvalue weighted by Crippen LogP contribution is 1.79. The lowest BCUT2D eigenvalue weighted by Gasteiger charge is -2.10. The van der Waals surface area contributed by atoms with Crippen molar-refractivity contribution in [2.75, 3.05) is 20.2 Å². The van der Waals surface area contributed by atoms with Crippen LogP contribution in [0.15, 0.2) is 0 Å². The lowest BCUT2D eigenvalue weighted by Crippen LogP contribution is -2.17. The average Bonchev–Trinajstić information content (AvgIpc) is 1.68. The Labute approximate surface area is 45.0 Å². The molecule has 0 unspecified atom stereocenters. The predicted octanol–water partition coefficient (Wildman–Crippen LogP) is 0.890. The summed E-state index contributed by atoms with van der Waals surface area (Å²) in [5.74, 6) is 0. The van der Waals surface area contributed by atoms with E-state index in [1.165, 1.54) is 0 Å². The van der Waals surface area contributed by atoms with Crippen LogP contribution in [0.25, 0.3) is 0 Å². The van der Waals surface area contributed by atoms with Crippen LogP contribution in [0.3, 0.4) is 0 Å². The van der Waals surface area contributed by atoms with Crippen molar-refractivity contribution in [3.63, 3.8) is 0 Å². The van der Waals surface area contributed by atoms with Crippen LogP contribution in [0.2, 0.25) is 0 Å². The molecule has 2 nitrogen and oxygen atoms in total. The molecule has 0 amide bonds. The topological polar surface area (TPSA) is 12.5 Å². The van der Waals surface area contributed by atoms with Gasteiger partial charge in [0, 0.05) is 13.6 Å². The van der Waals surface area contributed by atoms with Crippen LogP contribution < -0.4 is 0 Å². The highest BCUT2D eigenvalue weighted by Gasteiger charge is 1.86. The van der Waals surface area contributed by atoms with Gasteiger partial charge in [-0.3, -0.25) is 4.84 Å². The maximum atomic E-state index is 5.02. The summed E-state index contributed by atoms with van der Waals surface area (Å²) in [6.07, 6.45) is 0. The van der Waals surface area contributed by atoms with Gasteiger partial charge in [-0.15, -0.1) is 0 Å². The molecule has 0 aromatic heterocycles. The molecule has 0 saturated heterocycles. The zero-order valence-corrected chi connectivity index (χ0v) is 5.27. The predicted molar refractivity (Wildman–Crippen MR) is 29.9 cm³/mol. The highest BCUT2D eigenvalue weighted by atomic mass is 16.7. The smallest absolute Gasteiger partial charge is 0.0656 e. The molecule has 0 N–H and O–H groups in total. The molecular formula is C5H13NO. The maximum absolute atomic E-state index is 5.02. The molecule has 0 heterocycles. The van der Waals surface area contributed by atoms with E-state index in [4.69, 9.17) is 4.84 Å². The van der Waals surface area contributed by atoms with E-state index in [-0.39, 0.29) is 0 Å².